The lowest BCUT2D eigenvalue weighted by Crippen LogP contribution is -2.13. The summed E-state index contributed by atoms with van der Waals surface area (Å²) in [5.74, 6) is 0.177. The summed E-state index contributed by atoms with van der Waals surface area (Å²) in [5.41, 5.74) is -0.224. The summed E-state index contributed by atoms with van der Waals surface area (Å²) in [4.78, 5) is 22.5. The van der Waals surface area contributed by atoms with E-state index in [9.17, 15) is 9.59 Å². The highest BCUT2D eigenvalue weighted by molar-refractivity contribution is 5.85. The van der Waals surface area contributed by atoms with E-state index in [1.54, 1.807) is 12.1 Å². The number of nitrogens with one attached hydrogen (secondary N) is 1. The average molecular weight is 304 g/mol. The number of benzene rings is 1. The highest BCUT2D eigenvalue weighted by Gasteiger charge is 2.07. The summed E-state index contributed by atoms with van der Waals surface area (Å²) in [6.45, 7) is 3.78. The molecule has 0 spiro atoms. The van der Waals surface area contributed by atoms with Gasteiger partial charge in [0, 0.05) is 6.92 Å². The molecule has 0 aliphatic rings. The zero-order valence-electron chi connectivity index (χ0n) is 12.8. The van der Waals surface area contributed by atoms with Gasteiger partial charge in [0.05, 0.1) is 23.5 Å². The molecule has 0 fully saturated rings. The number of carbonyl (C=O) groups is 1. The number of fused-ring (bicyclic) bond motifs is 1. The minimum Gasteiger partial charge on any atom is -0.476 e. The lowest BCUT2D eigenvalue weighted by Gasteiger charge is -2.11. The fourth-order valence-corrected chi connectivity index (χ4v) is 2.24. The van der Waals surface area contributed by atoms with Crippen molar-refractivity contribution in [1.29, 1.82) is 0 Å². The third-order valence-electron chi connectivity index (χ3n) is 3.27. The normalized spacial score (nSPS) is 12.1. The summed E-state index contributed by atoms with van der Waals surface area (Å²) in [6.07, 6.45) is 2.42. The van der Waals surface area contributed by atoms with E-state index in [0.29, 0.717) is 23.3 Å². The van der Waals surface area contributed by atoms with Crippen molar-refractivity contribution in [2.45, 2.75) is 39.2 Å². The van der Waals surface area contributed by atoms with Gasteiger partial charge in [-0.1, -0.05) is 12.1 Å². The SMILES string of the molecule is CC(=O)O[C@H](C)CCCCOc1n[nH]c(=O)c2ccccc12. The Balaban J connectivity index is 1.84. The molecule has 6 heteroatoms. The monoisotopic (exact) mass is 304 g/mol. The van der Waals surface area contributed by atoms with Crippen LogP contribution in [-0.4, -0.2) is 28.9 Å². The van der Waals surface area contributed by atoms with Gasteiger partial charge in [-0.2, -0.15) is 0 Å². The maximum Gasteiger partial charge on any atom is 0.302 e. The van der Waals surface area contributed by atoms with Crippen molar-refractivity contribution in [3.8, 4) is 5.88 Å². The molecule has 1 atom stereocenters. The van der Waals surface area contributed by atoms with Crippen molar-refractivity contribution in [1.82, 2.24) is 10.2 Å². The number of nitrogens with zero attached hydrogens (tertiary/aromatic N) is 1. The van der Waals surface area contributed by atoms with E-state index in [2.05, 4.69) is 10.2 Å². The van der Waals surface area contributed by atoms with Crippen LogP contribution in [0.15, 0.2) is 29.1 Å². The van der Waals surface area contributed by atoms with Gasteiger partial charge in [-0.25, -0.2) is 5.10 Å². The van der Waals surface area contributed by atoms with Gasteiger partial charge < -0.3 is 9.47 Å². The van der Waals surface area contributed by atoms with Crippen LogP contribution in [0.4, 0.5) is 0 Å². The lowest BCUT2D eigenvalue weighted by molar-refractivity contribution is -0.145. The summed E-state index contributed by atoms with van der Waals surface area (Å²) < 4.78 is 10.7. The van der Waals surface area contributed by atoms with Crippen LogP contribution in [0.5, 0.6) is 5.88 Å². The van der Waals surface area contributed by atoms with Gasteiger partial charge in [0.15, 0.2) is 0 Å². The average Bonchev–Trinajstić information content (AvgIpc) is 2.48. The number of esters is 1. The smallest absolute Gasteiger partial charge is 0.302 e. The Morgan fingerprint density at radius 1 is 1.27 bits per heavy atom. The molecule has 118 valence electrons. The second kappa shape index (κ2) is 7.59. The summed E-state index contributed by atoms with van der Waals surface area (Å²) in [5, 5.41) is 7.66. The van der Waals surface area contributed by atoms with Crippen LogP contribution in [0.2, 0.25) is 0 Å². The molecule has 1 N–H and O–H groups in total. The van der Waals surface area contributed by atoms with Crippen molar-refractivity contribution in [3.63, 3.8) is 0 Å². The quantitative estimate of drug-likeness (QED) is 0.627. The molecule has 1 heterocycles. The number of aromatic amines is 1. The molecule has 0 aliphatic heterocycles. The molecule has 2 aromatic rings. The number of hydrogen-bond donors (Lipinski definition) is 1. The maximum atomic E-state index is 11.7. The minimum atomic E-state index is -0.257. The van der Waals surface area contributed by atoms with Gasteiger partial charge in [0.25, 0.3) is 5.56 Å². The maximum absolute atomic E-state index is 11.7. The predicted octanol–water partition coefficient (Wildman–Crippen LogP) is 2.42. The van der Waals surface area contributed by atoms with E-state index < -0.39 is 0 Å². The van der Waals surface area contributed by atoms with Crippen molar-refractivity contribution < 1.29 is 14.3 Å². The Morgan fingerprint density at radius 3 is 2.73 bits per heavy atom. The van der Waals surface area contributed by atoms with Crippen molar-refractivity contribution in [2.75, 3.05) is 6.61 Å². The standard InChI is InChI=1S/C16H20N2O4/c1-11(22-12(2)19)7-5-6-10-21-16-14-9-4-3-8-13(14)15(20)17-18-16/h3-4,8-9,11H,5-7,10H2,1-2H3,(H,17,20)/t11-/m1/s1. The largest absolute Gasteiger partial charge is 0.476 e. The minimum absolute atomic E-state index is 0.0791. The Kier molecular flexibility index (Phi) is 5.52. The third-order valence-corrected chi connectivity index (χ3v) is 3.27. The Morgan fingerprint density at radius 2 is 2.00 bits per heavy atom. The van der Waals surface area contributed by atoms with Crippen LogP contribution in [0.25, 0.3) is 10.8 Å². The molecular formula is C16H20N2O4. The van der Waals surface area contributed by atoms with E-state index in [-0.39, 0.29) is 17.6 Å². The van der Waals surface area contributed by atoms with E-state index >= 15 is 0 Å². The first kappa shape index (κ1) is 16.0. The van der Waals surface area contributed by atoms with Crippen molar-refractivity contribution >= 4 is 16.7 Å². The molecule has 1 aromatic heterocycles. The van der Waals surface area contributed by atoms with Crippen LogP contribution in [-0.2, 0) is 9.53 Å². The zero-order chi connectivity index (χ0) is 15.9. The van der Waals surface area contributed by atoms with Crippen molar-refractivity contribution in [3.05, 3.63) is 34.6 Å². The molecule has 0 aliphatic carbocycles. The van der Waals surface area contributed by atoms with Gasteiger partial charge >= 0.3 is 5.97 Å². The van der Waals surface area contributed by atoms with Gasteiger partial charge in [-0.05, 0) is 38.3 Å². The first-order valence-electron chi connectivity index (χ1n) is 7.35. The molecule has 0 amide bonds. The number of hydrogen-bond acceptors (Lipinski definition) is 5. The summed E-state index contributed by atoms with van der Waals surface area (Å²) in [6, 6.07) is 7.20. The summed E-state index contributed by atoms with van der Waals surface area (Å²) >= 11 is 0. The molecular weight excluding hydrogens is 284 g/mol. The van der Waals surface area contributed by atoms with Crippen LogP contribution in [0, 0.1) is 0 Å². The van der Waals surface area contributed by atoms with Crippen molar-refractivity contribution in [2.24, 2.45) is 0 Å². The fraction of sp³-hybridized carbons (Fsp3) is 0.438. The molecule has 0 bridgehead atoms. The van der Waals surface area contributed by atoms with E-state index in [1.165, 1.54) is 6.92 Å². The third kappa shape index (κ3) is 4.31. The first-order chi connectivity index (χ1) is 10.6. The molecule has 6 nitrogen and oxygen atoms in total. The van der Waals surface area contributed by atoms with Crippen LogP contribution >= 0.6 is 0 Å². The topological polar surface area (TPSA) is 81.3 Å². The van der Waals surface area contributed by atoms with E-state index in [4.69, 9.17) is 9.47 Å². The molecule has 2 rings (SSSR count). The fourth-order valence-electron chi connectivity index (χ4n) is 2.24. The summed E-state index contributed by atoms with van der Waals surface area (Å²) in [7, 11) is 0. The lowest BCUT2D eigenvalue weighted by atomic mass is 10.2. The second-order valence-corrected chi connectivity index (χ2v) is 5.17. The first-order valence-corrected chi connectivity index (χ1v) is 7.35. The Hall–Kier alpha value is -2.37. The Bertz CT molecular complexity index is 696. The van der Waals surface area contributed by atoms with Crippen LogP contribution in [0.3, 0.4) is 0 Å². The van der Waals surface area contributed by atoms with E-state index in [1.807, 2.05) is 19.1 Å². The molecule has 1 aromatic carbocycles. The molecule has 0 saturated heterocycles. The number of aromatic nitrogens is 2. The highest BCUT2D eigenvalue weighted by Crippen LogP contribution is 2.19. The Labute approximate surface area is 128 Å². The highest BCUT2D eigenvalue weighted by atomic mass is 16.5. The molecule has 22 heavy (non-hydrogen) atoms. The van der Waals surface area contributed by atoms with Gasteiger partial charge in [0.2, 0.25) is 5.88 Å². The van der Waals surface area contributed by atoms with Gasteiger partial charge in [0.1, 0.15) is 0 Å². The number of carbonyl (C=O) groups excluding carboxylic acids is 1. The molecule has 0 radical (unpaired) electrons. The number of rotatable bonds is 7. The zero-order valence-corrected chi connectivity index (χ0v) is 12.8. The van der Waals surface area contributed by atoms with Gasteiger partial charge in [-0.15, -0.1) is 5.10 Å². The van der Waals surface area contributed by atoms with Crippen LogP contribution in [0.1, 0.15) is 33.1 Å². The molecule has 0 saturated carbocycles. The van der Waals surface area contributed by atoms with E-state index in [0.717, 1.165) is 19.3 Å². The van der Waals surface area contributed by atoms with Gasteiger partial charge in [-0.3, -0.25) is 9.59 Å². The predicted molar refractivity (Wildman–Crippen MR) is 82.9 cm³/mol. The second-order valence-electron chi connectivity index (χ2n) is 5.17. The number of H-pyrrole nitrogens is 1. The van der Waals surface area contributed by atoms with Crippen LogP contribution < -0.4 is 10.3 Å². The number of ether oxygens (including phenoxy) is 2. The molecule has 0 unspecified atom stereocenters. The number of unbranched alkanes of at least 4 members (excludes halogenated alkanes) is 1.